The van der Waals surface area contributed by atoms with Crippen LogP contribution in [0.25, 0.3) is 0 Å². The summed E-state index contributed by atoms with van der Waals surface area (Å²) in [4.78, 5) is 12.8. The zero-order valence-electron chi connectivity index (χ0n) is 10.6. The van der Waals surface area contributed by atoms with Gasteiger partial charge in [0.2, 0.25) is 0 Å². The summed E-state index contributed by atoms with van der Waals surface area (Å²) in [5, 5.41) is 8.65. The van der Waals surface area contributed by atoms with Crippen LogP contribution in [0.15, 0.2) is 11.6 Å². The first kappa shape index (κ1) is 13.2. The molecular weight excluding hydrogens is 202 g/mol. The molecular formula is C13H23NO2. The third-order valence-corrected chi connectivity index (χ3v) is 3.40. The van der Waals surface area contributed by atoms with E-state index in [1.165, 1.54) is 31.8 Å². The summed E-state index contributed by atoms with van der Waals surface area (Å²) in [6.07, 6.45) is 6.45. The highest BCUT2D eigenvalue weighted by Gasteiger charge is 2.22. The zero-order valence-corrected chi connectivity index (χ0v) is 10.6. The third-order valence-electron chi connectivity index (χ3n) is 3.40. The minimum atomic E-state index is -0.845. The summed E-state index contributed by atoms with van der Waals surface area (Å²) in [5.74, 6) is -0.0344. The van der Waals surface area contributed by atoms with Gasteiger partial charge >= 0.3 is 5.97 Å². The average Bonchev–Trinajstić information content (AvgIpc) is 2.16. The normalized spacial score (nSPS) is 27.1. The van der Waals surface area contributed by atoms with Gasteiger partial charge in [0.1, 0.15) is 0 Å². The SMILES string of the molecule is CC(=CC(=O)O)CN(C)C1CCCC(C)C1. The Kier molecular flexibility index (Phi) is 5.00. The van der Waals surface area contributed by atoms with Gasteiger partial charge < -0.3 is 5.11 Å². The Labute approximate surface area is 98.1 Å². The number of carboxylic acid groups (broad SMARTS) is 1. The summed E-state index contributed by atoms with van der Waals surface area (Å²) in [6, 6.07) is 0.626. The highest BCUT2D eigenvalue weighted by Crippen LogP contribution is 2.26. The molecule has 1 aliphatic rings. The Hall–Kier alpha value is -0.830. The summed E-state index contributed by atoms with van der Waals surface area (Å²) in [6.45, 7) is 4.96. The van der Waals surface area contributed by atoms with Gasteiger partial charge in [-0.05, 0) is 32.7 Å². The second kappa shape index (κ2) is 6.04. The summed E-state index contributed by atoms with van der Waals surface area (Å²) >= 11 is 0. The number of hydrogen-bond donors (Lipinski definition) is 1. The number of rotatable bonds is 4. The molecule has 92 valence electrons. The molecule has 1 rings (SSSR count). The van der Waals surface area contributed by atoms with Crippen LogP contribution in [0.1, 0.15) is 39.5 Å². The van der Waals surface area contributed by atoms with Crippen molar-refractivity contribution in [3.63, 3.8) is 0 Å². The van der Waals surface area contributed by atoms with Crippen LogP contribution >= 0.6 is 0 Å². The molecule has 3 heteroatoms. The molecule has 1 aliphatic carbocycles. The Morgan fingerprint density at radius 2 is 2.19 bits per heavy atom. The first-order chi connectivity index (χ1) is 7.49. The largest absolute Gasteiger partial charge is 0.478 e. The molecule has 1 saturated carbocycles. The highest BCUT2D eigenvalue weighted by molar-refractivity contribution is 5.80. The lowest BCUT2D eigenvalue weighted by atomic mass is 9.86. The van der Waals surface area contributed by atoms with Crippen molar-refractivity contribution in [3.8, 4) is 0 Å². The van der Waals surface area contributed by atoms with E-state index >= 15 is 0 Å². The first-order valence-electron chi connectivity index (χ1n) is 6.09. The molecule has 0 aromatic heterocycles. The first-order valence-corrected chi connectivity index (χ1v) is 6.09. The molecule has 0 bridgehead atoms. The number of nitrogens with zero attached hydrogens (tertiary/aromatic N) is 1. The van der Waals surface area contributed by atoms with Gasteiger partial charge in [0.15, 0.2) is 0 Å². The fourth-order valence-electron chi connectivity index (χ4n) is 2.58. The monoisotopic (exact) mass is 225 g/mol. The predicted molar refractivity (Wildman–Crippen MR) is 65.4 cm³/mol. The van der Waals surface area contributed by atoms with E-state index in [9.17, 15) is 4.79 Å². The van der Waals surface area contributed by atoms with E-state index in [-0.39, 0.29) is 0 Å². The molecule has 0 heterocycles. The van der Waals surface area contributed by atoms with Crippen LogP contribution < -0.4 is 0 Å². The van der Waals surface area contributed by atoms with Crippen LogP contribution in [0, 0.1) is 5.92 Å². The van der Waals surface area contributed by atoms with Gasteiger partial charge in [-0.3, -0.25) is 4.90 Å². The summed E-state index contributed by atoms with van der Waals surface area (Å²) < 4.78 is 0. The molecule has 0 aromatic carbocycles. The molecule has 16 heavy (non-hydrogen) atoms. The Bertz CT molecular complexity index is 273. The lowest BCUT2D eigenvalue weighted by molar-refractivity contribution is -0.131. The molecule has 1 fully saturated rings. The second-order valence-electron chi connectivity index (χ2n) is 5.17. The molecule has 1 N–H and O–H groups in total. The fourth-order valence-corrected chi connectivity index (χ4v) is 2.58. The van der Waals surface area contributed by atoms with E-state index in [1.54, 1.807) is 0 Å². The lowest BCUT2D eigenvalue weighted by Gasteiger charge is -2.34. The smallest absolute Gasteiger partial charge is 0.328 e. The molecule has 0 saturated heterocycles. The molecule has 0 amide bonds. The fraction of sp³-hybridized carbons (Fsp3) is 0.769. The predicted octanol–water partition coefficient (Wildman–Crippen LogP) is 2.53. The van der Waals surface area contributed by atoms with Gasteiger partial charge in [-0.1, -0.05) is 25.3 Å². The van der Waals surface area contributed by atoms with Crippen molar-refractivity contribution < 1.29 is 9.90 Å². The van der Waals surface area contributed by atoms with Gasteiger partial charge in [-0.25, -0.2) is 4.79 Å². The van der Waals surface area contributed by atoms with Crippen molar-refractivity contribution in [2.24, 2.45) is 5.92 Å². The number of carboxylic acids is 1. The van der Waals surface area contributed by atoms with Crippen molar-refractivity contribution in [2.75, 3.05) is 13.6 Å². The highest BCUT2D eigenvalue weighted by atomic mass is 16.4. The van der Waals surface area contributed by atoms with Crippen LogP contribution in [-0.4, -0.2) is 35.6 Å². The van der Waals surface area contributed by atoms with Crippen molar-refractivity contribution in [1.82, 2.24) is 4.90 Å². The maximum Gasteiger partial charge on any atom is 0.328 e. The standard InChI is InChI=1S/C13H23NO2/c1-10-5-4-6-12(7-10)14(3)9-11(2)8-13(15)16/h8,10,12H,4-7,9H2,1-3H3,(H,15,16). The molecule has 0 aliphatic heterocycles. The molecule has 0 radical (unpaired) electrons. The van der Waals surface area contributed by atoms with Crippen LogP contribution in [0.3, 0.4) is 0 Å². The molecule has 2 unspecified atom stereocenters. The minimum Gasteiger partial charge on any atom is -0.478 e. The van der Waals surface area contributed by atoms with Crippen LogP contribution in [0.4, 0.5) is 0 Å². The van der Waals surface area contributed by atoms with Crippen molar-refractivity contribution in [2.45, 2.75) is 45.6 Å². The summed E-state index contributed by atoms with van der Waals surface area (Å²) in [7, 11) is 2.10. The minimum absolute atomic E-state index is 0.626. The van der Waals surface area contributed by atoms with Gasteiger partial charge in [0, 0.05) is 18.7 Å². The number of carbonyl (C=O) groups is 1. The maximum atomic E-state index is 10.5. The third kappa shape index (κ3) is 4.35. The van der Waals surface area contributed by atoms with Crippen molar-refractivity contribution >= 4 is 5.97 Å². The van der Waals surface area contributed by atoms with Gasteiger partial charge in [-0.2, -0.15) is 0 Å². The Balaban J connectivity index is 2.45. The quantitative estimate of drug-likeness (QED) is 0.747. The summed E-state index contributed by atoms with van der Waals surface area (Å²) in [5.41, 5.74) is 0.924. The van der Waals surface area contributed by atoms with Gasteiger partial charge in [-0.15, -0.1) is 0 Å². The second-order valence-corrected chi connectivity index (χ2v) is 5.17. The van der Waals surface area contributed by atoms with Crippen LogP contribution in [0.5, 0.6) is 0 Å². The zero-order chi connectivity index (χ0) is 12.1. The molecule has 2 atom stereocenters. The van der Waals surface area contributed by atoms with E-state index in [1.807, 2.05) is 6.92 Å². The molecule has 3 nitrogen and oxygen atoms in total. The van der Waals surface area contributed by atoms with Gasteiger partial charge in [0.05, 0.1) is 0 Å². The van der Waals surface area contributed by atoms with E-state index in [0.29, 0.717) is 6.04 Å². The number of likely N-dealkylation sites (N-methyl/N-ethyl adjacent to an activating group) is 1. The Morgan fingerprint density at radius 1 is 1.50 bits per heavy atom. The van der Waals surface area contributed by atoms with E-state index in [4.69, 9.17) is 5.11 Å². The van der Waals surface area contributed by atoms with Gasteiger partial charge in [0.25, 0.3) is 0 Å². The Morgan fingerprint density at radius 3 is 2.75 bits per heavy atom. The maximum absolute atomic E-state index is 10.5. The lowest BCUT2D eigenvalue weighted by Crippen LogP contribution is -2.36. The van der Waals surface area contributed by atoms with E-state index in [2.05, 4.69) is 18.9 Å². The van der Waals surface area contributed by atoms with Crippen LogP contribution in [-0.2, 0) is 4.79 Å². The number of aliphatic carboxylic acids is 1. The van der Waals surface area contributed by atoms with Crippen molar-refractivity contribution in [1.29, 1.82) is 0 Å². The topological polar surface area (TPSA) is 40.5 Å². The molecule has 0 aromatic rings. The van der Waals surface area contributed by atoms with Crippen LogP contribution in [0.2, 0.25) is 0 Å². The van der Waals surface area contributed by atoms with E-state index in [0.717, 1.165) is 18.0 Å². The molecule has 0 spiro atoms. The average molecular weight is 225 g/mol. The number of hydrogen-bond acceptors (Lipinski definition) is 2. The van der Waals surface area contributed by atoms with Crippen molar-refractivity contribution in [3.05, 3.63) is 11.6 Å². The van der Waals surface area contributed by atoms with E-state index < -0.39 is 5.97 Å².